The standard InChI is InChI=1S/C19H28BNO4/c1-5-19(4)18(2,3)24-20(25-19)15-8-11-17(21-12-15)23-16-9-6-14(13-22)7-10-16/h8,11-14,16H,5-7,9-10H2,1-4H3. The van der Waals surface area contributed by atoms with Crippen LogP contribution in [0.4, 0.5) is 0 Å². The van der Waals surface area contributed by atoms with Gasteiger partial charge in [0.2, 0.25) is 5.88 Å². The van der Waals surface area contributed by atoms with Crippen molar-refractivity contribution in [2.45, 2.75) is 77.1 Å². The average Bonchev–Trinajstić information content (AvgIpc) is 2.86. The minimum Gasteiger partial charge on any atom is -0.474 e. The van der Waals surface area contributed by atoms with E-state index in [0.29, 0.717) is 5.88 Å². The Morgan fingerprint density at radius 3 is 2.48 bits per heavy atom. The molecule has 1 aliphatic heterocycles. The van der Waals surface area contributed by atoms with E-state index >= 15 is 0 Å². The topological polar surface area (TPSA) is 57.7 Å². The molecule has 1 atom stereocenters. The van der Waals surface area contributed by atoms with E-state index in [1.807, 2.05) is 12.1 Å². The highest BCUT2D eigenvalue weighted by Gasteiger charge is 2.53. The summed E-state index contributed by atoms with van der Waals surface area (Å²) in [5.41, 5.74) is 0.241. The minimum absolute atomic E-state index is 0.149. The number of carbonyl (C=O) groups is 1. The number of pyridine rings is 1. The summed E-state index contributed by atoms with van der Waals surface area (Å²) in [4.78, 5) is 15.3. The molecule has 0 radical (unpaired) electrons. The normalized spacial score (nSPS) is 31.8. The Labute approximate surface area is 150 Å². The van der Waals surface area contributed by atoms with Crippen LogP contribution in [0.2, 0.25) is 0 Å². The average molecular weight is 345 g/mol. The van der Waals surface area contributed by atoms with Crippen molar-refractivity contribution in [3.8, 4) is 5.88 Å². The highest BCUT2D eigenvalue weighted by Crippen LogP contribution is 2.39. The minimum atomic E-state index is -0.399. The molecule has 1 saturated carbocycles. The lowest BCUT2D eigenvalue weighted by Crippen LogP contribution is -2.44. The van der Waals surface area contributed by atoms with E-state index in [2.05, 4.69) is 32.7 Å². The number of ether oxygens (including phenoxy) is 1. The first-order chi connectivity index (χ1) is 11.9. The van der Waals surface area contributed by atoms with Gasteiger partial charge in [-0.1, -0.05) is 13.0 Å². The largest absolute Gasteiger partial charge is 0.496 e. The van der Waals surface area contributed by atoms with Crippen LogP contribution in [-0.4, -0.2) is 35.7 Å². The van der Waals surface area contributed by atoms with Crippen molar-refractivity contribution in [2.24, 2.45) is 5.92 Å². The van der Waals surface area contributed by atoms with Crippen LogP contribution < -0.4 is 10.2 Å². The van der Waals surface area contributed by atoms with E-state index in [-0.39, 0.29) is 23.2 Å². The van der Waals surface area contributed by atoms with Gasteiger partial charge in [-0.3, -0.25) is 0 Å². The molecule has 1 aromatic rings. The molecule has 0 N–H and O–H groups in total. The first-order valence-electron chi connectivity index (χ1n) is 9.30. The van der Waals surface area contributed by atoms with Gasteiger partial charge in [0.05, 0.1) is 11.2 Å². The first-order valence-corrected chi connectivity index (χ1v) is 9.30. The van der Waals surface area contributed by atoms with E-state index in [9.17, 15) is 4.79 Å². The van der Waals surface area contributed by atoms with Gasteiger partial charge >= 0.3 is 7.12 Å². The molecule has 0 amide bonds. The van der Waals surface area contributed by atoms with Crippen molar-refractivity contribution in [2.75, 3.05) is 0 Å². The molecule has 1 aromatic heterocycles. The van der Waals surface area contributed by atoms with Crippen LogP contribution in [0.25, 0.3) is 0 Å². The van der Waals surface area contributed by atoms with Gasteiger partial charge in [-0.25, -0.2) is 4.98 Å². The van der Waals surface area contributed by atoms with Gasteiger partial charge in [0.15, 0.2) is 0 Å². The summed E-state index contributed by atoms with van der Waals surface area (Å²) in [5, 5.41) is 0. The third kappa shape index (κ3) is 3.75. The van der Waals surface area contributed by atoms with E-state index in [1.165, 1.54) is 0 Å². The van der Waals surface area contributed by atoms with Crippen molar-refractivity contribution in [3.05, 3.63) is 18.3 Å². The summed E-state index contributed by atoms with van der Waals surface area (Å²) >= 11 is 0. The van der Waals surface area contributed by atoms with Gasteiger partial charge in [0.25, 0.3) is 0 Å². The molecule has 1 aliphatic carbocycles. The zero-order valence-corrected chi connectivity index (χ0v) is 15.7. The van der Waals surface area contributed by atoms with Gasteiger partial charge in [-0.15, -0.1) is 0 Å². The predicted molar refractivity (Wildman–Crippen MR) is 97.0 cm³/mol. The molecule has 6 heteroatoms. The molecular weight excluding hydrogens is 317 g/mol. The first kappa shape index (κ1) is 18.4. The number of carbonyl (C=O) groups excluding carboxylic acids is 1. The Kier molecular flexibility index (Phi) is 5.21. The van der Waals surface area contributed by atoms with Crippen molar-refractivity contribution in [1.29, 1.82) is 0 Å². The third-order valence-corrected chi connectivity index (χ3v) is 5.95. The maximum absolute atomic E-state index is 10.8. The molecule has 136 valence electrons. The fourth-order valence-electron chi connectivity index (χ4n) is 3.55. The second-order valence-corrected chi connectivity index (χ2v) is 7.88. The lowest BCUT2D eigenvalue weighted by molar-refractivity contribution is -0.112. The van der Waals surface area contributed by atoms with Gasteiger partial charge in [-0.2, -0.15) is 0 Å². The summed E-state index contributed by atoms with van der Waals surface area (Å²) in [6.07, 6.45) is 7.49. The van der Waals surface area contributed by atoms with Gasteiger partial charge in [-0.05, 0) is 58.9 Å². The van der Waals surface area contributed by atoms with Crippen LogP contribution in [0.1, 0.15) is 59.8 Å². The maximum atomic E-state index is 10.8. The number of aromatic nitrogens is 1. The van der Waals surface area contributed by atoms with Gasteiger partial charge in [0, 0.05) is 17.6 Å². The van der Waals surface area contributed by atoms with Crippen molar-refractivity contribution in [3.63, 3.8) is 0 Å². The number of hydrogen-bond donors (Lipinski definition) is 0. The van der Waals surface area contributed by atoms with Crippen molar-refractivity contribution in [1.82, 2.24) is 4.98 Å². The van der Waals surface area contributed by atoms with E-state index in [1.54, 1.807) is 6.20 Å². The molecule has 1 saturated heterocycles. The highest BCUT2D eigenvalue weighted by atomic mass is 16.7. The van der Waals surface area contributed by atoms with Crippen molar-refractivity contribution >= 4 is 18.9 Å². The fourth-order valence-corrected chi connectivity index (χ4v) is 3.55. The molecule has 0 spiro atoms. The molecule has 5 nitrogen and oxygen atoms in total. The zero-order chi connectivity index (χ0) is 18.1. The van der Waals surface area contributed by atoms with E-state index in [0.717, 1.165) is 43.9 Å². The van der Waals surface area contributed by atoms with Crippen LogP contribution in [0.3, 0.4) is 0 Å². The number of hydrogen-bond acceptors (Lipinski definition) is 5. The maximum Gasteiger partial charge on any atom is 0.496 e. The van der Waals surface area contributed by atoms with Crippen LogP contribution in [0, 0.1) is 5.92 Å². The van der Waals surface area contributed by atoms with Crippen LogP contribution in [0.15, 0.2) is 18.3 Å². The van der Waals surface area contributed by atoms with Crippen LogP contribution in [-0.2, 0) is 14.1 Å². The Morgan fingerprint density at radius 1 is 1.24 bits per heavy atom. The van der Waals surface area contributed by atoms with E-state index in [4.69, 9.17) is 14.0 Å². The second-order valence-electron chi connectivity index (χ2n) is 7.88. The zero-order valence-electron chi connectivity index (χ0n) is 15.7. The number of rotatable bonds is 5. The van der Waals surface area contributed by atoms with Crippen molar-refractivity contribution < 1.29 is 18.8 Å². The Bertz CT molecular complexity index is 598. The summed E-state index contributed by atoms with van der Waals surface area (Å²) in [5.74, 6) is 0.817. The summed E-state index contributed by atoms with van der Waals surface area (Å²) < 4.78 is 18.3. The van der Waals surface area contributed by atoms with Crippen LogP contribution in [0.5, 0.6) is 5.88 Å². The summed E-state index contributed by atoms with van der Waals surface area (Å²) in [6.45, 7) is 8.34. The SMILES string of the molecule is CCC1(C)OB(c2ccc(OC3CCC(C=O)CC3)nc2)OC1(C)C. The molecule has 2 aliphatic rings. The Hall–Kier alpha value is -1.40. The Balaban J connectivity index is 1.61. The summed E-state index contributed by atoms with van der Waals surface area (Å²) in [7, 11) is -0.399. The third-order valence-electron chi connectivity index (χ3n) is 5.95. The summed E-state index contributed by atoms with van der Waals surface area (Å²) in [6, 6.07) is 3.84. The molecule has 0 aromatic carbocycles. The second kappa shape index (κ2) is 7.08. The monoisotopic (exact) mass is 345 g/mol. The van der Waals surface area contributed by atoms with Crippen LogP contribution >= 0.6 is 0 Å². The molecule has 2 fully saturated rings. The quantitative estimate of drug-likeness (QED) is 0.607. The van der Waals surface area contributed by atoms with E-state index < -0.39 is 7.12 Å². The Morgan fingerprint density at radius 2 is 1.96 bits per heavy atom. The number of nitrogens with zero attached hydrogens (tertiary/aromatic N) is 1. The molecule has 0 bridgehead atoms. The molecular formula is C19H28BNO4. The van der Waals surface area contributed by atoms with Gasteiger partial charge < -0.3 is 18.8 Å². The fraction of sp³-hybridized carbons (Fsp3) is 0.684. The molecule has 3 rings (SSSR count). The molecule has 2 heterocycles. The molecule has 25 heavy (non-hydrogen) atoms. The lowest BCUT2D eigenvalue weighted by Gasteiger charge is -2.35. The predicted octanol–water partition coefficient (Wildman–Crippen LogP) is 2.91. The smallest absolute Gasteiger partial charge is 0.474 e. The molecule has 1 unspecified atom stereocenters. The van der Waals surface area contributed by atoms with Gasteiger partial charge in [0.1, 0.15) is 12.4 Å². The lowest BCUT2D eigenvalue weighted by atomic mass is 9.80. The number of aldehydes is 1. The highest BCUT2D eigenvalue weighted by molar-refractivity contribution is 6.62.